The number of hydrazone groups is 1. The van der Waals surface area contributed by atoms with E-state index in [0.717, 1.165) is 51.4 Å². The maximum absolute atomic E-state index is 13.8. The van der Waals surface area contributed by atoms with Gasteiger partial charge in [-0.15, -0.1) is 0 Å². The van der Waals surface area contributed by atoms with Gasteiger partial charge in [0.1, 0.15) is 11.6 Å². The number of nitrogens with zero attached hydrogens (tertiary/aromatic N) is 4. The summed E-state index contributed by atoms with van der Waals surface area (Å²) in [5.41, 5.74) is 6.53. The van der Waals surface area contributed by atoms with Crippen LogP contribution in [0.5, 0.6) is 0 Å². The Morgan fingerprint density at radius 3 is 2.67 bits per heavy atom. The summed E-state index contributed by atoms with van der Waals surface area (Å²) in [6.45, 7) is 5.24. The van der Waals surface area contributed by atoms with Crippen LogP contribution in [0.4, 0.5) is 9.18 Å². The van der Waals surface area contributed by atoms with Crippen molar-refractivity contribution in [1.82, 2.24) is 14.6 Å². The van der Waals surface area contributed by atoms with Crippen molar-refractivity contribution < 1.29 is 9.18 Å². The highest BCUT2D eigenvalue weighted by atomic mass is 32.2. The van der Waals surface area contributed by atoms with Gasteiger partial charge in [-0.05, 0) is 43.7 Å². The molecule has 1 aromatic heterocycles. The molecule has 3 aromatic carbocycles. The Balaban J connectivity index is 1.51. The third-order valence-corrected chi connectivity index (χ3v) is 6.56. The zero-order chi connectivity index (χ0) is 22.9. The monoisotopic (exact) mass is 458 g/mol. The van der Waals surface area contributed by atoms with Crippen molar-refractivity contribution in [2.75, 3.05) is 5.75 Å². The summed E-state index contributed by atoms with van der Waals surface area (Å²) in [5.74, 6) is 0.968. The van der Waals surface area contributed by atoms with Crippen LogP contribution in [0.1, 0.15) is 23.6 Å². The average molecular weight is 459 g/mol. The van der Waals surface area contributed by atoms with Gasteiger partial charge in [0.2, 0.25) is 0 Å². The SMILES string of the molecule is CCn1c(-c2cccc(F)c2)nc2cc(C3=NN(Cc4cccc(C)c4)C(=O)SC3)ccc21. The van der Waals surface area contributed by atoms with Crippen LogP contribution in [0.25, 0.3) is 22.4 Å². The number of carbonyl (C=O) groups excluding carboxylic acids is 1. The average Bonchev–Trinajstić information content (AvgIpc) is 3.18. The first kappa shape index (κ1) is 21.4. The van der Waals surface area contributed by atoms with Gasteiger partial charge < -0.3 is 4.57 Å². The van der Waals surface area contributed by atoms with Crippen LogP contribution in [0.2, 0.25) is 0 Å². The third kappa shape index (κ3) is 4.28. The molecule has 0 N–H and O–H groups in total. The number of hydrogen-bond donors (Lipinski definition) is 0. The molecule has 0 unspecified atom stereocenters. The predicted octanol–water partition coefficient (Wildman–Crippen LogP) is 6.24. The number of carbonyl (C=O) groups is 1. The molecule has 2 heterocycles. The molecular weight excluding hydrogens is 435 g/mol. The normalized spacial score (nSPS) is 14.1. The molecule has 0 atom stereocenters. The molecule has 5 rings (SSSR count). The maximum Gasteiger partial charge on any atom is 0.302 e. The van der Waals surface area contributed by atoms with Crippen LogP contribution in [-0.2, 0) is 13.1 Å². The van der Waals surface area contributed by atoms with Crippen molar-refractivity contribution in [3.8, 4) is 11.4 Å². The topological polar surface area (TPSA) is 50.5 Å². The van der Waals surface area contributed by atoms with Crippen molar-refractivity contribution in [3.63, 3.8) is 0 Å². The summed E-state index contributed by atoms with van der Waals surface area (Å²) in [6, 6.07) is 20.7. The quantitative estimate of drug-likeness (QED) is 0.355. The largest absolute Gasteiger partial charge is 0.324 e. The van der Waals surface area contributed by atoms with E-state index in [2.05, 4.69) is 22.7 Å². The maximum atomic E-state index is 13.8. The zero-order valence-corrected chi connectivity index (χ0v) is 19.3. The molecule has 0 spiro atoms. The Kier molecular flexibility index (Phi) is 5.72. The number of halogens is 1. The van der Waals surface area contributed by atoms with E-state index in [9.17, 15) is 9.18 Å². The summed E-state index contributed by atoms with van der Waals surface area (Å²) in [5, 5.41) is 6.16. The van der Waals surface area contributed by atoms with E-state index >= 15 is 0 Å². The fraction of sp³-hybridized carbons (Fsp3) is 0.192. The van der Waals surface area contributed by atoms with Gasteiger partial charge in [0.15, 0.2) is 0 Å². The Morgan fingerprint density at radius 2 is 1.88 bits per heavy atom. The summed E-state index contributed by atoms with van der Waals surface area (Å²) < 4.78 is 15.9. The van der Waals surface area contributed by atoms with Crippen LogP contribution in [0.15, 0.2) is 71.8 Å². The minimum absolute atomic E-state index is 0.0509. The van der Waals surface area contributed by atoms with Crippen molar-refractivity contribution in [1.29, 1.82) is 0 Å². The number of benzene rings is 3. The number of imidazole rings is 1. The first-order valence-electron chi connectivity index (χ1n) is 10.9. The lowest BCUT2D eigenvalue weighted by Gasteiger charge is -2.23. The number of thioether (sulfide) groups is 1. The summed E-state index contributed by atoms with van der Waals surface area (Å²) in [4.78, 5) is 17.3. The van der Waals surface area contributed by atoms with Crippen LogP contribution in [0.3, 0.4) is 0 Å². The Labute approximate surface area is 195 Å². The molecule has 33 heavy (non-hydrogen) atoms. The summed E-state index contributed by atoms with van der Waals surface area (Å²) >= 11 is 1.26. The molecule has 0 fully saturated rings. The first-order valence-corrected chi connectivity index (χ1v) is 11.8. The Morgan fingerprint density at radius 1 is 1.03 bits per heavy atom. The van der Waals surface area contributed by atoms with E-state index in [1.54, 1.807) is 6.07 Å². The first-order chi connectivity index (χ1) is 16.0. The van der Waals surface area contributed by atoms with Crippen molar-refractivity contribution in [2.45, 2.75) is 26.9 Å². The molecular formula is C26H23FN4OS. The molecule has 7 heteroatoms. The molecule has 5 nitrogen and oxygen atoms in total. The van der Waals surface area contributed by atoms with E-state index in [4.69, 9.17) is 4.98 Å². The zero-order valence-electron chi connectivity index (χ0n) is 18.5. The van der Waals surface area contributed by atoms with E-state index in [1.165, 1.54) is 28.9 Å². The smallest absolute Gasteiger partial charge is 0.302 e. The van der Waals surface area contributed by atoms with Crippen molar-refractivity contribution in [3.05, 3.63) is 89.2 Å². The fourth-order valence-corrected chi connectivity index (χ4v) is 4.86. The van der Waals surface area contributed by atoms with E-state index in [0.29, 0.717) is 12.3 Å². The number of fused-ring (bicyclic) bond motifs is 1. The van der Waals surface area contributed by atoms with Crippen LogP contribution >= 0.6 is 11.8 Å². The lowest BCUT2D eigenvalue weighted by Crippen LogP contribution is -2.29. The highest BCUT2D eigenvalue weighted by Crippen LogP contribution is 2.28. The van der Waals surface area contributed by atoms with Gasteiger partial charge in [-0.3, -0.25) is 4.79 Å². The summed E-state index contributed by atoms with van der Waals surface area (Å²) in [6.07, 6.45) is 0. The predicted molar refractivity (Wildman–Crippen MR) is 132 cm³/mol. The Bertz CT molecular complexity index is 1390. The number of aromatic nitrogens is 2. The third-order valence-electron chi connectivity index (χ3n) is 5.68. The highest BCUT2D eigenvalue weighted by Gasteiger charge is 2.23. The molecule has 4 aromatic rings. The van der Waals surface area contributed by atoms with Crippen molar-refractivity contribution in [2.24, 2.45) is 5.10 Å². The van der Waals surface area contributed by atoms with Crippen LogP contribution < -0.4 is 0 Å². The van der Waals surface area contributed by atoms with Crippen molar-refractivity contribution >= 4 is 33.7 Å². The standard InChI is InChI=1S/C26H23FN4OS/c1-3-30-24-11-10-19(14-22(24)28-25(30)20-8-5-9-21(27)13-20)23-16-33-26(32)31(29-23)15-18-7-4-6-17(2)12-18/h4-14H,3,15-16H2,1-2H3. The van der Waals surface area contributed by atoms with Crippen LogP contribution in [0, 0.1) is 12.7 Å². The van der Waals surface area contributed by atoms with E-state index in [1.807, 2.05) is 49.4 Å². The molecule has 1 aliphatic heterocycles. The summed E-state index contributed by atoms with van der Waals surface area (Å²) in [7, 11) is 0. The lowest BCUT2D eigenvalue weighted by molar-refractivity contribution is 0.222. The van der Waals surface area contributed by atoms with Crippen LogP contribution in [-0.4, -0.2) is 31.3 Å². The number of amides is 1. The minimum atomic E-state index is -0.283. The molecule has 0 saturated carbocycles. The molecule has 1 aliphatic rings. The minimum Gasteiger partial charge on any atom is -0.324 e. The second kappa shape index (κ2) is 8.83. The second-order valence-electron chi connectivity index (χ2n) is 8.04. The van der Waals surface area contributed by atoms with E-state index in [-0.39, 0.29) is 11.1 Å². The molecule has 166 valence electrons. The molecule has 0 bridgehead atoms. The van der Waals surface area contributed by atoms with Gasteiger partial charge in [0, 0.05) is 23.4 Å². The van der Waals surface area contributed by atoms with Gasteiger partial charge in [-0.25, -0.2) is 14.4 Å². The number of hydrogen-bond acceptors (Lipinski definition) is 4. The molecule has 0 saturated heterocycles. The molecule has 0 aliphatic carbocycles. The van der Waals surface area contributed by atoms with Gasteiger partial charge in [-0.1, -0.05) is 59.8 Å². The van der Waals surface area contributed by atoms with Gasteiger partial charge >= 0.3 is 5.24 Å². The fourth-order valence-electron chi connectivity index (χ4n) is 4.12. The number of aryl methyl sites for hydroxylation is 2. The lowest BCUT2D eigenvalue weighted by atomic mass is 10.1. The molecule has 0 radical (unpaired) electrons. The van der Waals surface area contributed by atoms with Gasteiger partial charge in [0.05, 0.1) is 23.3 Å². The molecule has 1 amide bonds. The Hall–Kier alpha value is -3.45. The second-order valence-corrected chi connectivity index (χ2v) is 8.97. The van der Waals surface area contributed by atoms with Gasteiger partial charge in [0.25, 0.3) is 0 Å². The van der Waals surface area contributed by atoms with Gasteiger partial charge in [-0.2, -0.15) is 5.10 Å². The highest BCUT2D eigenvalue weighted by molar-refractivity contribution is 8.14. The van der Waals surface area contributed by atoms with E-state index < -0.39 is 0 Å². The number of rotatable bonds is 5.